The van der Waals surface area contributed by atoms with E-state index in [2.05, 4.69) is 20.6 Å². The van der Waals surface area contributed by atoms with Gasteiger partial charge in [-0.2, -0.15) is 0 Å². The average molecular weight is 435 g/mol. The lowest BCUT2D eigenvalue weighted by atomic mass is 9.92. The summed E-state index contributed by atoms with van der Waals surface area (Å²) in [6, 6.07) is 4.29. The van der Waals surface area contributed by atoms with Crippen LogP contribution in [0.15, 0.2) is 42.1 Å². The molecule has 9 heteroatoms. The third kappa shape index (κ3) is 6.62. The van der Waals surface area contributed by atoms with Crippen molar-refractivity contribution in [3.8, 4) is 0 Å². The second-order valence-corrected chi connectivity index (χ2v) is 9.46. The minimum Gasteiger partial charge on any atom is -0.362 e. The fraction of sp³-hybridized carbons (Fsp3) is 0.381. The molecule has 1 aromatic heterocycles. The van der Waals surface area contributed by atoms with Crippen LogP contribution < -0.4 is 10.6 Å². The van der Waals surface area contributed by atoms with Crippen LogP contribution in [0.3, 0.4) is 0 Å². The SMILES string of the molecule is Cc1c(F)cccc1[C@@H](Nc1cnc(C(=O)N[C@H](C)/C=C/S(C)(=O)=O)cn1)C(C)C. The highest BCUT2D eigenvalue weighted by atomic mass is 32.2. The van der Waals surface area contributed by atoms with E-state index in [-0.39, 0.29) is 23.5 Å². The molecule has 0 spiro atoms. The summed E-state index contributed by atoms with van der Waals surface area (Å²) < 4.78 is 36.3. The van der Waals surface area contributed by atoms with E-state index < -0.39 is 21.8 Å². The van der Waals surface area contributed by atoms with Crippen molar-refractivity contribution >= 4 is 21.6 Å². The summed E-state index contributed by atoms with van der Waals surface area (Å²) in [6.45, 7) is 7.42. The Bertz CT molecular complexity index is 1020. The summed E-state index contributed by atoms with van der Waals surface area (Å²) in [5.74, 6) is -0.130. The van der Waals surface area contributed by atoms with Gasteiger partial charge in [-0.25, -0.2) is 22.8 Å². The van der Waals surface area contributed by atoms with Gasteiger partial charge in [0, 0.05) is 17.7 Å². The molecule has 30 heavy (non-hydrogen) atoms. The van der Waals surface area contributed by atoms with Crippen LogP contribution in [-0.2, 0) is 9.84 Å². The molecule has 0 fully saturated rings. The molecule has 1 amide bonds. The highest BCUT2D eigenvalue weighted by Gasteiger charge is 2.20. The predicted octanol–water partition coefficient (Wildman–Crippen LogP) is 3.41. The molecule has 7 nitrogen and oxygen atoms in total. The third-order valence-electron chi connectivity index (χ3n) is 4.47. The van der Waals surface area contributed by atoms with Gasteiger partial charge < -0.3 is 10.6 Å². The second kappa shape index (κ2) is 9.80. The van der Waals surface area contributed by atoms with Crippen molar-refractivity contribution in [1.82, 2.24) is 15.3 Å². The first-order chi connectivity index (χ1) is 14.0. The molecule has 0 aliphatic carbocycles. The van der Waals surface area contributed by atoms with Gasteiger partial charge in [-0.15, -0.1) is 0 Å². The number of sulfone groups is 1. The van der Waals surface area contributed by atoms with Crippen molar-refractivity contribution in [2.24, 2.45) is 5.92 Å². The maximum atomic E-state index is 14.0. The van der Waals surface area contributed by atoms with Crippen LogP contribution in [0.4, 0.5) is 10.2 Å². The topological polar surface area (TPSA) is 101 Å². The lowest BCUT2D eigenvalue weighted by molar-refractivity contribution is 0.0941. The van der Waals surface area contributed by atoms with Crippen LogP contribution in [-0.4, -0.2) is 36.6 Å². The summed E-state index contributed by atoms with van der Waals surface area (Å²) in [5.41, 5.74) is 1.51. The van der Waals surface area contributed by atoms with E-state index in [9.17, 15) is 17.6 Å². The zero-order valence-corrected chi connectivity index (χ0v) is 18.5. The largest absolute Gasteiger partial charge is 0.362 e. The van der Waals surface area contributed by atoms with Crippen LogP contribution in [0.25, 0.3) is 0 Å². The number of amides is 1. The van der Waals surface area contributed by atoms with Crippen molar-refractivity contribution < 1.29 is 17.6 Å². The van der Waals surface area contributed by atoms with Crippen LogP contribution in [0.2, 0.25) is 0 Å². The maximum Gasteiger partial charge on any atom is 0.271 e. The quantitative estimate of drug-likeness (QED) is 0.660. The highest BCUT2D eigenvalue weighted by molar-refractivity contribution is 7.93. The van der Waals surface area contributed by atoms with Crippen molar-refractivity contribution in [1.29, 1.82) is 0 Å². The highest BCUT2D eigenvalue weighted by Crippen LogP contribution is 2.29. The number of nitrogens with zero attached hydrogens (tertiary/aromatic N) is 2. The van der Waals surface area contributed by atoms with E-state index in [1.165, 1.54) is 24.5 Å². The molecular weight excluding hydrogens is 407 g/mol. The van der Waals surface area contributed by atoms with Gasteiger partial charge in [-0.3, -0.25) is 4.79 Å². The summed E-state index contributed by atoms with van der Waals surface area (Å²) in [4.78, 5) is 20.6. The number of anilines is 1. The molecule has 2 rings (SSSR count). The minimum absolute atomic E-state index is 0.100. The fourth-order valence-corrected chi connectivity index (χ4v) is 3.35. The van der Waals surface area contributed by atoms with Gasteiger partial charge in [-0.05, 0) is 37.0 Å². The number of halogens is 1. The zero-order valence-electron chi connectivity index (χ0n) is 17.7. The van der Waals surface area contributed by atoms with Crippen LogP contribution in [0.5, 0.6) is 0 Å². The molecule has 2 atom stereocenters. The number of nitrogens with one attached hydrogen (secondary N) is 2. The first kappa shape index (κ1) is 23.5. The van der Waals surface area contributed by atoms with E-state index in [0.29, 0.717) is 11.4 Å². The Balaban J connectivity index is 2.11. The van der Waals surface area contributed by atoms with Crippen molar-refractivity contribution in [2.75, 3.05) is 11.6 Å². The van der Waals surface area contributed by atoms with Crippen LogP contribution in [0, 0.1) is 18.7 Å². The van der Waals surface area contributed by atoms with Gasteiger partial charge >= 0.3 is 0 Å². The summed E-state index contributed by atoms with van der Waals surface area (Å²) in [7, 11) is -3.26. The van der Waals surface area contributed by atoms with E-state index in [0.717, 1.165) is 17.2 Å². The molecule has 2 aromatic rings. The Kier molecular flexibility index (Phi) is 7.66. The van der Waals surface area contributed by atoms with Gasteiger partial charge in [0.2, 0.25) is 0 Å². The average Bonchev–Trinajstić information content (AvgIpc) is 2.66. The Morgan fingerprint density at radius 3 is 2.43 bits per heavy atom. The van der Waals surface area contributed by atoms with Crippen molar-refractivity contribution in [3.63, 3.8) is 0 Å². The Hall–Kier alpha value is -2.81. The van der Waals surface area contributed by atoms with Crippen molar-refractivity contribution in [2.45, 2.75) is 39.8 Å². The summed E-state index contributed by atoms with van der Waals surface area (Å²) in [6.07, 6.45) is 5.23. The Morgan fingerprint density at radius 1 is 1.17 bits per heavy atom. The predicted molar refractivity (Wildman–Crippen MR) is 115 cm³/mol. The number of carbonyl (C=O) groups is 1. The normalized spacial score (nSPS) is 14.0. The van der Waals surface area contributed by atoms with Crippen LogP contribution >= 0.6 is 0 Å². The molecule has 1 heterocycles. The molecule has 0 saturated heterocycles. The summed E-state index contributed by atoms with van der Waals surface area (Å²) >= 11 is 0. The monoisotopic (exact) mass is 434 g/mol. The van der Waals surface area contributed by atoms with E-state index >= 15 is 0 Å². The minimum atomic E-state index is -3.26. The van der Waals surface area contributed by atoms with Gasteiger partial charge in [0.15, 0.2) is 9.84 Å². The van der Waals surface area contributed by atoms with Gasteiger partial charge in [0.1, 0.15) is 17.3 Å². The molecule has 0 radical (unpaired) electrons. The van der Waals surface area contributed by atoms with E-state index in [1.807, 2.05) is 19.9 Å². The lowest BCUT2D eigenvalue weighted by Crippen LogP contribution is -2.32. The van der Waals surface area contributed by atoms with Gasteiger partial charge in [0.25, 0.3) is 5.91 Å². The number of hydrogen-bond donors (Lipinski definition) is 2. The Labute approximate surface area is 176 Å². The number of carbonyl (C=O) groups excluding carboxylic acids is 1. The molecule has 0 aliphatic rings. The molecular formula is C21H27FN4O3S. The smallest absolute Gasteiger partial charge is 0.271 e. The Morgan fingerprint density at radius 2 is 1.87 bits per heavy atom. The lowest BCUT2D eigenvalue weighted by Gasteiger charge is -2.25. The molecule has 0 aliphatic heterocycles. The number of aromatic nitrogens is 2. The molecule has 2 N–H and O–H groups in total. The number of benzene rings is 1. The zero-order chi connectivity index (χ0) is 22.5. The standard InChI is InChI=1S/C21H27FN4O3S/c1-13(2)20(16-7-6-8-17(22)15(16)4)26-19-12-23-18(11-24-19)21(27)25-14(3)9-10-30(5,28)29/h6-14,20H,1-5H3,(H,24,26)(H,25,27)/b10-9+/t14-,20+/m1/s1. The first-order valence-corrected chi connectivity index (χ1v) is 11.5. The number of hydrogen-bond acceptors (Lipinski definition) is 6. The molecule has 1 aromatic carbocycles. The van der Waals surface area contributed by atoms with Crippen molar-refractivity contribution in [3.05, 3.63) is 64.7 Å². The number of rotatable bonds is 8. The molecule has 0 saturated carbocycles. The summed E-state index contributed by atoms with van der Waals surface area (Å²) in [5, 5.41) is 6.93. The van der Waals surface area contributed by atoms with Gasteiger partial charge in [0.05, 0.1) is 18.4 Å². The van der Waals surface area contributed by atoms with E-state index in [4.69, 9.17) is 0 Å². The maximum absolute atomic E-state index is 14.0. The first-order valence-electron chi connectivity index (χ1n) is 9.50. The molecule has 0 bridgehead atoms. The molecule has 162 valence electrons. The van der Waals surface area contributed by atoms with Gasteiger partial charge in [-0.1, -0.05) is 32.1 Å². The fourth-order valence-electron chi connectivity index (χ4n) is 2.83. The van der Waals surface area contributed by atoms with E-state index in [1.54, 1.807) is 19.9 Å². The van der Waals surface area contributed by atoms with Crippen LogP contribution in [0.1, 0.15) is 48.4 Å². The third-order valence-corrected chi connectivity index (χ3v) is 5.12. The molecule has 0 unspecified atom stereocenters. The second-order valence-electron chi connectivity index (χ2n) is 7.53.